The maximum Gasteiger partial charge on any atom is 0.197 e. The quantitative estimate of drug-likeness (QED) is 0.588. The van der Waals surface area contributed by atoms with Crippen molar-refractivity contribution in [3.63, 3.8) is 0 Å². The minimum Gasteiger partial charge on any atom is -0.496 e. The van der Waals surface area contributed by atoms with E-state index in [4.69, 9.17) is 14.2 Å². The lowest BCUT2D eigenvalue weighted by Gasteiger charge is -2.30. The number of benzene rings is 3. The maximum absolute atomic E-state index is 15.6. The van der Waals surface area contributed by atoms with E-state index in [2.05, 4.69) is 18.3 Å². The number of aryl methyl sites for hydroxylation is 2. The van der Waals surface area contributed by atoms with Gasteiger partial charge < -0.3 is 19.5 Å². The molecule has 0 radical (unpaired) electrons. The predicted octanol–water partition coefficient (Wildman–Crippen LogP) is 5.27. The zero-order chi connectivity index (χ0) is 22.0. The molecule has 1 aliphatic heterocycles. The normalized spacial score (nSPS) is 15.3. The van der Waals surface area contributed by atoms with Crippen molar-refractivity contribution in [2.24, 2.45) is 0 Å². The average molecular weight is 422 g/mol. The Kier molecular flexibility index (Phi) is 6.14. The summed E-state index contributed by atoms with van der Waals surface area (Å²) in [6, 6.07) is 15.7. The van der Waals surface area contributed by atoms with Crippen molar-refractivity contribution in [1.82, 2.24) is 5.32 Å². The summed E-state index contributed by atoms with van der Waals surface area (Å²) in [6.07, 6.45) is 0.595. The number of methoxy groups -OCH3 is 2. The lowest BCUT2D eigenvalue weighted by molar-refractivity contribution is 0.267. The van der Waals surface area contributed by atoms with Crippen LogP contribution >= 0.6 is 0 Å². The summed E-state index contributed by atoms with van der Waals surface area (Å²) >= 11 is 0. The second-order valence-corrected chi connectivity index (χ2v) is 7.88. The van der Waals surface area contributed by atoms with Crippen molar-refractivity contribution in [2.75, 3.05) is 20.8 Å². The molecule has 31 heavy (non-hydrogen) atoms. The molecule has 1 heterocycles. The molecule has 0 aromatic heterocycles. The number of rotatable bonds is 6. The molecule has 5 heteroatoms. The van der Waals surface area contributed by atoms with Gasteiger partial charge in [-0.15, -0.1) is 0 Å². The van der Waals surface area contributed by atoms with Gasteiger partial charge in [-0.1, -0.05) is 36.4 Å². The van der Waals surface area contributed by atoms with Crippen molar-refractivity contribution < 1.29 is 18.6 Å². The summed E-state index contributed by atoms with van der Waals surface area (Å²) in [5.74, 6) is 1.10. The summed E-state index contributed by atoms with van der Waals surface area (Å²) in [7, 11) is 3.22. The molecule has 0 bridgehead atoms. The van der Waals surface area contributed by atoms with Crippen LogP contribution in [0.15, 0.2) is 48.5 Å². The first kappa shape index (κ1) is 21.2. The van der Waals surface area contributed by atoms with Gasteiger partial charge in [0.25, 0.3) is 0 Å². The molecular weight excluding hydrogens is 393 g/mol. The molecule has 0 amide bonds. The van der Waals surface area contributed by atoms with Crippen LogP contribution in [-0.2, 0) is 13.0 Å². The summed E-state index contributed by atoms with van der Waals surface area (Å²) < 4.78 is 32.5. The van der Waals surface area contributed by atoms with E-state index in [9.17, 15) is 0 Å². The minimum atomic E-state index is -0.334. The Balaban J connectivity index is 1.74. The van der Waals surface area contributed by atoms with Crippen LogP contribution in [-0.4, -0.2) is 20.8 Å². The third-order valence-corrected chi connectivity index (χ3v) is 5.90. The number of halogens is 1. The van der Waals surface area contributed by atoms with Gasteiger partial charge in [0.2, 0.25) is 0 Å². The van der Waals surface area contributed by atoms with Crippen LogP contribution in [0.1, 0.15) is 39.4 Å². The second kappa shape index (κ2) is 8.98. The van der Waals surface area contributed by atoms with E-state index in [1.165, 1.54) is 0 Å². The molecule has 4 nitrogen and oxygen atoms in total. The lowest BCUT2D eigenvalue weighted by atomic mass is 9.86. The molecule has 1 unspecified atom stereocenters. The molecule has 3 aromatic carbocycles. The lowest BCUT2D eigenvalue weighted by Crippen LogP contribution is -2.32. The van der Waals surface area contributed by atoms with Crippen molar-refractivity contribution in [2.45, 2.75) is 32.9 Å². The van der Waals surface area contributed by atoms with Gasteiger partial charge in [-0.2, -0.15) is 0 Å². The van der Waals surface area contributed by atoms with Gasteiger partial charge in [0.15, 0.2) is 17.3 Å². The van der Waals surface area contributed by atoms with Crippen LogP contribution in [0.4, 0.5) is 4.39 Å². The molecule has 0 saturated carbocycles. The first-order chi connectivity index (χ1) is 15.0. The number of hydrogen-bond acceptors (Lipinski definition) is 4. The molecular formula is C26H28FNO3. The standard InChI is InChI=1S/C26H28FNO3/c1-16-13-22(29-3)17(2)12-20(16)25-21-14-23(30-4)26(24(27)19(21)10-11-28-25)31-15-18-8-6-5-7-9-18/h5-9,12-14,25,28H,10-11,15H2,1-4H3. The molecule has 3 aromatic rings. The molecule has 0 saturated heterocycles. The summed E-state index contributed by atoms with van der Waals surface area (Å²) in [4.78, 5) is 0. The smallest absolute Gasteiger partial charge is 0.197 e. The Hall–Kier alpha value is -3.05. The highest BCUT2D eigenvalue weighted by atomic mass is 19.1. The van der Waals surface area contributed by atoms with E-state index >= 15 is 4.39 Å². The fraction of sp³-hybridized carbons (Fsp3) is 0.308. The van der Waals surface area contributed by atoms with Crippen LogP contribution in [0.5, 0.6) is 17.2 Å². The highest BCUT2D eigenvalue weighted by Crippen LogP contribution is 2.42. The van der Waals surface area contributed by atoms with Crippen molar-refractivity contribution >= 4 is 0 Å². The molecule has 162 valence electrons. The fourth-order valence-electron chi connectivity index (χ4n) is 4.27. The van der Waals surface area contributed by atoms with Crippen LogP contribution in [0.2, 0.25) is 0 Å². The number of hydrogen-bond donors (Lipinski definition) is 1. The fourth-order valence-corrected chi connectivity index (χ4v) is 4.27. The van der Waals surface area contributed by atoms with E-state index < -0.39 is 0 Å². The van der Waals surface area contributed by atoms with Crippen LogP contribution in [0, 0.1) is 19.7 Å². The Morgan fingerprint density at radius 1 is 0.935 bits per heavy atom. The highest BCUT2D eigenvalue weighted by Gasteiger charge is 2.29. The van der Waals surface area contributed by atoms with E-state index in [0.717, 1.165) is 33.6 Å². The SMILES string of the molecule is COc1cc(C)c(C2NCCc3c2cc(OC)c(OCc2ccccc2)c3F)cc1C. The molecule has 4 rings (SSSR count). The van der Waals surface area contributed by atoms with E-state index in [1.54, 1.807) is 14.2 Å². The Bertz CT molecular complexity index is 1080. The Morgan fingerprint density at radius 3 is 2.39 bits per heavy atom. The monoisotopic (exact) mass is 421 g/mol. The third kappa shape index (κ3) is 4.10. The van der Waals surface area contributed by atoms with Gasteiger partial charge in [0, 0.05) is 6.54 Å². The topological polar surface area (TPSA) is 39.7 Å². The van der Waals surface area contributed by atoms with Gasteiger partial charge >= 0.3 is 0 Å². The van der Waals surface area contributed by atoms with E-state index in [0.29, 0.717) is 24.3 Å². The van der Waals surface area contributed by atoms with Crippen molar-refractivity contribution in [1.29, 1.82) is 0 Å². The van der Waals surface area contributed by atoms with Crippen LogP contribution in [0.3, 0.4) is 0 Å². The molecule has 1 aliphatic rings. The molecule has 0 spiro atoms. The Labute approximate surface area is 183 Å². The average Bonchev–Trinajstić information content (AvgIpc) is 2.80. The van der Waals surface area contributed by atoms with E-state index in [1.807, 2.05) is 49.4 Å². The third-order valence-electron chi connectivity index (χ3n) is 5.90. The largest absolute Gasteiger partial charge is 0.496 e. The molecule has 0 fully saturated rings. The summed E-state index contributed by atoms with van der Waals surface area (Å²) in [5, 5.41) is 3.55. The zero-order valence-electron chi connectivity index (χ0n) is 18.4. The first-order valence-corrected chi connectivity index (χ1v) is 10.5. The van der Waals surface area contributed by atoms with Gasteiger partial charge in [0.1, 0.15) is 12.4 Å². The minimum absolute atomic E-state index is 0.125. The van der Waals surface area contributed by atoms with Gasteiger partial charge in [-0.05, 0) is 65.8 Å². The first-order valence-electron chi connectivity index (χ1n) is 10.5. The molecule has 0 aliphatic carbocycles. The van der Waals surface area contributed by atoms with Gasteiger partial charge in [-0.3, -0.25) is 0 Å². The highest BCUT2D eigenvalue weighted by molar-refractivity contribution is 5.55. The van der Waals surface area contributed by atoms with Crippen LogP contribution in [0.25, 0.3) is 0 Å². The number of ether oxygens (including phenoxy) is 3. The van der Waals surface area contributed by atoms with Crippen molar-refractivity contribution in [3.8, 4) is 17.2 Å². The van der Waals surface area contributed by atoms with Gasteiger partial charge in [-0.25, -0.2) is 4.39 Å². The maximum atomic E-state index is 15.6. The summed E-state index contributed by atoms with van der Waals surface area (Å²) in [6.45, 7) is 5.04. The number of nitrogens with one attached hydrogen (secondary N) is 1. The number of fused-ring (bicyclic) bond motifs is 1. The second-order valence-electron chi connectivity index (χ2n) is 7.88. The Morgan fingerprint density at radius 2 is 1.68 bits per heavy atom. The predicted molar refractivity (Wildman–Crippen MR) is 120 cm³/mol. The summed E-state index contributed by atoms with van der Waals surface area (Å²) in [5.41, 5.74) is 5.80. The molecule has 1 atom stereocenters. The van der Waals surface area contributed by atoms with Gasteiger partial charge in [0.05, 0.1) is 20.3 Å². The molecule has 1 N–H and O–H groups in total. The van der Waals surface area contributed by atoms with E-state index in [-0.39, 0.29) is 24.2 Å². The van der Waals surface area contributed by atoms with Crippen LogP contribution < -0.4 is 19.5 Å². The zero-order valence-corrected chi connectivity index (χ0v) is 18.4. The van der Waals surface area contributed by atoms with Crippen molar-refractivity contribution in [3.05, 3.63) is 87.7 Å².